The molecule has 10 heteroatoms. The second-order valence-corrected chi connectivity index (χ2v) is 6.40. The summed E-state index contributed by atoms with van der Waals surface area (Å²) in [6.07, 6.45) is 1.60. The number of sulfonamides is 1. The Morgan fingerprint density at radius 3 is 2.70 bits per heavy atom. The number of aryl methyl sites for hydroxylation is 2. The number of aromatic nitrogens is 4. The van der Waals surface area contributed by atoms with Gasteiger partial charge in [0.15, 0.2) is 5.76 Å². The first-order valence-electron chi connectivity index (χ1n) is 6.63. The van der Waals surface area contributed by atoms with Gasteiger partial charge in [0, 0.05) is 6.20 Å². The predicted molar refractivity (Wildman–Crippen MR) is 77.5 cm³/mol. The third-order valence-electron chi connectivity index (χ3n) is 3.00. The summed E-state index contributed by atoms with van der Waals surface area (Å²) in [5.41, 5.74) is 0.800. The van der Waals surface area contributed by atoms with E-state index in [0.29, 0.717) is 5.69 Å². The Hall–Kier alpha value is -2.59. The molecular weight excluding hydrogens is 322 g/mol. The van der Waals surface area contributed by atoms with E-state index in [2.05, 4.69) is 25.1 Å². The lowest BCUT2D eigenvalue weighted by Crippen LogP contribution is -2.24. The third-order valence-corrected chi connectivity index (χ3v) is 4.65. The van der Waals surface area contributed by atoms with E-state index < -0.39 is 10.0 Å². The molecule has 0 aromatic carbocycles. The Balaban J connectivity index is 1.75. The Labute approximate surface area is 131 Å². The van der Waals surface area contributed by atoms with Gasteiger partial charge in [0.2, 0.25) is 15.9 Å². The van der Waals surface area contributed by atoms with Crippen molar-refractivity contribution in [3.63, 3.8) is 0 Å². The summed E-state index contributed by atoms with van der Waals surface area (Å²) >= 11 is 0. The van der Waals surface area contributed by atoms with Gasteiger partial charge < -0.3 is 8.94 Å². The van der Waals surface area contributed by atoms with Crippen LogP contribution in [0.15, 0.2) is 38.2 Å². The van der Waals surface area contributed by atoms with Gasteiger partial charge in [-0.2, -0.15) is 0 Å². The molecule has 1 N–H and O–H groups in total. The highest BCUT2D eigenvalue weighted by Crippen LogP contribution is 2.19. The van der Waals surface area contributed by atoms with Gasteiger partial charge in [-0.05, 0) is 26.0 Å². The number of hydrogen-bond donors (Lipinski definition) is 1. The zero-order chi connectivity index (χ0) is 16.4. The Kier molecular flexibility index (Phi) is 3.92. The summed E-state index contributed by atoms with van der Waals surface area (Å²) in [5.74, 6) is 0.563. The van der Waals surface area contributed by atoms with E-state index in [4.69, 9.17) is 8.94 Å². The molecule has 3 aromatic heterocycles. The van der Waals surface area contributed by atoms with Crippen LogP contribution in [0.1, 0.15) is 17.3 Å². The standard InChI is InChI=1S/C13H13N5O4S/c1-8-12(9(2)22-18-8)23(19,20)15-7-11-16-17-13(21-11)10-5-3-4-6-14-10/h3-6,15H,7H2,1-2H3. The minimum atomic E-state index is -3.78. The van der Waals surface area contributed by atoms with Crippen LogP contribution in [0.2, 0.25) is 0 Å². The molecule has 0 aliphatic carbocycles. The molecule has 0 saturated carbocycles. The summed E-state index contributed by atoms with van der Waals surface area (Å²) in [4.78, 5) is 4.10. The molecule has 9 nitrogen and oxygen atoms in total. The number of hydrogen-bond acceptors (Lipinski definition) is 8. The molecule has 120 valence electrons. The lowest BCUT2D eigenvalue weighted by Gasteiger charge is -2.03. The fourth-order valence-electron chi connectivity index (χ4n) is 2.01. The molecule has 0 radical (unpaired) electrons. The van der Waals surface area contributed by atoms with E-state index in [9.17, 15) is 8.42 Å². The van der Waals surface area contributed by atoms with Crippen LogP contribution in [-0.4, -0.2) is 28.8 Å². The van der Waals surface area contributed by atoms with Crippen molar-refractivity contribution in [1.82, 2.24) is 25.1 Å². The maximum absolute atomic E-state index is 12.3. The summed E-state index contributed by atoms with van der Waals surface area (Å²) in [5, 5.41) is 11.3. The number of nitrogens with zero attached hydrogens (tertiary/aromatic N) is 4. The molecule has 0 unspecified atom stereocenters. The van der Waals surface area contributed by atoms with Crippen LogP contribution in [0, 0.1) is 13.8 Å². The van der Waals surface area contributed by atoms with Crippen LogP contribution in [-0.2, 0) is 16.6 Å². The molecule has 0 atom stereocenters. The Morgan fingerprint density at radius 2 is 2.04 bits per heavy atom. The van der Waals surface area contributed by atoms with Gasteiger partial charge in [0.1, 0.15) is 16.3 Å². The molecular formula is C13H13N5O4S. The highest BCUT2D eigenvalue weighted by atomic mass is 32.2. The smallest absolute Gasteiger partial charge is 0.266 e. The second-order valence-electron chi connectivity index (χ2n) is 4.69. The first-order valence-corrected chi connectivity index (χ1v) is 8.12. The summed E-state index contributed by atoms with van der Waals surface area (Å²) in [6.45, 7) is 2.93. The van der Waals surface area contributed by atoms with Crippen LogP contribution < -0.4 is 4.72 Å². The first kappa shape index (κ1) is 15.3. The summed E-state index contributed by atoms with van der Waals surface area (Å²) < 4.78 is 37.2. The summed E-state index contributed by atoms with van der Waals surface area (Å²) in [6, 6.07) is 5.26. The fraction of sp³-hybridized carbons (Fsp3) is 0.231. The second kappa shape index (κ2) is 5.89. The first-order chi connectivity index (χ1) is 11.0. The Morgan fingerprint density at radius 1 is 1.22 bits per heavy atom. The minimum Gasteiger partial charge on any atom is -0.418 e. The van der Waals surface area contributed by atoms with Crippen molar-refractivity contribution in [3.8, 4) is 11.6 Å². The van der Waals surface area contributed by atoms with Gasteiger partial charge in [-0.25, -0.2) is 13.1 Å². The molecule has 0 bridgehead atoms. The van der Waals surface area contributed by atoms with Gasteiger partial charge in [-0.1, -0.05) is 11.2 Å². The molecule has 0 amide bonds. The van der Waals surface area contributed by atoms with Crippen molar-refractivity contribution in [2.45, 2.75) is 25.3 Å². The Bertz CT molecular complexity index is 898. The zero-order valence-corrected chi connectivity index (χ0v) is 13.2. The van der Waals surface area contributed by atoms with E-state index in [-0.39, 0.29) is 34.7 Å². The number of pyridine rings is 1. The normalized spacial score (nSPS) is 11.7. The zero-order valence-electron chi connectivity index (χ0n) is 12.3. The van der Waals surface area contributed by atoms with E-state index in [0.717, 1.165) is 0 Å². The average molecular weight is 335 g/mol. The molecule has 3 heterocycles. The van der Waals surface area contributed by atoms with Gasteiger partial charge in [-0.15, -0.1) is 10.2 Å². The van der Waals surface area contributed by atoms with Gasteiger partial charge in [-0.3, -0.25) is 4.98 Å². The van der Waals surface area contributed by atoms with E-state index in [1.807, 2.05) is 0 Å². The maximum atomic E-state index is 12.3. The maximum Gasteiger partial charge on any atom is 0.266 e. The monoisotopic (exact) mass is 335 g/mol. The van der Waals surface area contributed by atoms with Crippen LogP contribution >= 0.6 is 0 Å². The quantitative estimate of drug-likeness (QED) is 0.738. The molecule has 3 aromatic rings. The van der Waals surface area contributed by atoms with Crippen LogP contribution in [0.4, 0.5) is 0 Å². The van der Waals surface area contributed by atoms with Crippen LogP contribution in [0.25, 0.3) is 11.6 Å². The highest BCUT2D eigenvalue weighted by Gasteiger charge is 2.24. The molecule has 0 fully saturated rings. The van der Waals surface area contributed by atoms with Crippen molar-refractivity contribution in [1.29, 1.82) is 0 Å². The highest BCUT2D eigenvalue weighted by molar-refractivity contribution is 7.89. The molecule has 0 spiro atoms. The lowest BCUT2D eigenvalue weighted by atomic mass is 10.3. The predicted octanol–water partition coefficient (Wildman–Crippen LogP) is 1.21. The van der Waals surface area contributed by atoms with Crippen molar-refractivity contribution >= 4 is 10.0 Å². The lowest BCUT2D eigenvalue weighted by molar-refractivity contribution is 0.390. The topological polar surface area (TPSA) is 124 Å². The van der Waals surface area contributed by atoms with E-state index in [1.54, 1.807) is 31.3 Å². The number of rotatable bonds is 5. The third kappa shape index (κ3) is 3.12. The number of nitrogens with one attached hydrogen (secondary N) is 1. The van der Waals surface area contributed by atoms with Gasteiger partial charge in [0.25, 0.3) is 5.89 Å². The minimum absolute atomic E-state index is 0.0157. The summed E-state index contributed by atoms with van der Waals surface area (Å²) in [7, 11) is -3.78. The molecule has 23 heavy (non-hydrogen) atoms. The van der Waals surface area contributed by atoms with Crippen LogP contribution in [0.5, 0.6) is 0 Å². The average Bonchev–Trinajstić information content (AvgIpc) is 3.13. The van der Waals surface area contributed by atoms with E-state index in [1.165, 1.54) is 6.92 Å². The molecule has 0 saturated heterocycles. The van der Waals surface area contributed by atoms with Crippen molar-refractivity contribution < 1.29 is 17.4 Å². The van der Waals surface area contributed by atoms with Crippen molar-refractivity contribution in [2.75, 3.05) is 0 Å². The van der Waals surface area contributed by atoms with Crippen molar-refractivity contribution in [2.24, 2.45) is 0 Å². The largest absolute Gasteiger partial charge is 0.418 e. The molecule has 0 aliphatic rings. The van der Waals surface area contributed by atoms with E-state index >= 15 is 0 Å². The molecule has 0 aliphatic heterocycles. The van der Waals surface area contributed by atoms with Crippen LogP contribution in [0.3, 0.4) is 0 Å². The molecule has 3 rings (SSSR count). The van der Waals surface area contributed by atoms with Gasteiger partial charge >= 0.3 is 0 Å². The fourth-order valence-corrected chi connectivity index (χ4v) is 3.30. The SMILES string of the molecule is Cc1noc(C)c1S(=O)(=O)NCc1nnc(-c2ccccn2)o1. The van der Waals surface area contributed by atoms with Gasteiger partial charge in [0.05, 0.1) is 6.54 Å². The van der Waals surface area contributed by atoms with Crippen molar-refractivity contribution in [3.05, 3.63) is 41.7 Å².